The van der Waals surface area contributed by atoms with E-state index in [1.807, 2.05) is 0 Å². The lowest BCUT2D eigenvalue weighted by Gasteiger charge is -2.39. The Bertz CT molecular complexity index is 364. The minimum atomic E-state index is -2.21. The normalized spacial score (nSPS) is 36.6. The molecule has 0 bridgehead atoms. The molecule has 0 spiro atoms. The second kappa shape index (κ2) is 5.47. The average Bonchev–Trinajstić information content (AvgIpc) is 2.25. The summed E-state index contributed by atoms with van der Waals surface area (Å²) < 4.78 is 4.80. The van der Waals surface area contributed by atoms with E-state index >= 15 is 0 Å². The molecule has 4 unspecified atom stereocenters. The van der Waals surface area contributed by atoms with Gasteiger partial charge in [-0.25, -0.2) is 9.59 Å². The van der Waals surface area contributed by atoms with Crippen LogP contribution in [0.1, 0.15) is 19.8 Å². The number of hydrogen-bond acceptors (Lipinski definition) is 6. The number of aliphatic hydroxyl groups is 3. The first-order chi connectivity index (χ1) is 8.30. The molecule has 1 saturated carbocycles. The van der Waals surface area contributed by atoms with E-state index in [2.05, 4.69) is 0 Å². The summed E-state index contributed by atoms with van der Waals surface area (Å²) >= 11 is 0. The summed E-state index contributed by atoms with van der Waals surface area (Å²) in [7, 11) is 0. The lowest BCUT2D eigenvalue weighted by molar-refractivity contribution is -0.196. The minimum Gasteiger partial charge on any atom is -0.479 e. The van der Waals surface area contributed by atoms with Crippen molar-refractivity contribution < 1.29 is 34.8 Å². The monoisotopic (exact) mass is 260 g/mol. The molecule has 102 valence electrons. The van der Waals surface area contributed by atoms with Crippen molar-refractivity contribution in [2.45, 2.75) is 43.7 Å². The number of ether oxygens (including phenoxy) is 1. The molecule has 0 aromatic heterocycles. The summed E-state index contributed by atoms with van der Waals surface area (Å²) in [5.41, 5.74) is -2.21. The van der Waals surface area contributed by atoms with E-state index in [4.69, 9.17) is 9.84 Å². The Labute approximate surface area is 103 Å². The summed E-state index contributed by atoms with van der Waals surface area (Å²) in [4.78, 5) is 22.1. The number of rotatable bonds is 3. The van der Waals surface area contributed by atoms with E-state index in [1.165, 1.54) is 6.08 Å². The van der Waals surface area contributed by atoms with Crippen LogP contribution in [-0.4, -0.2) is 56.3 Å². The summed E-state index contributed by atoms with van der Waals surface area (Å²) in [5, 5.41) is 37.7. The van der Waals surface area contributed by atoms with Crippen molar-refractivity contribution in [2.75, 3.05) is 0 Å². The van der Waals surface area contributed by atoms with Crippen LogP contribution < -0.4 is 0 Å². The van der Waals surface area contributed by atoms with Gasteiger partial charge in [0.15, 0.2) is 5.60 Å². The number of hydrogen-bond donors (Lipinski definition) is 4. The average molecular weight is 260 g/mol. The smallest absolute Gasteiger partial charge is 0.335 e. The number of aliphatic carboxylic acids is 1. The Morgan fingerprint density at radius 2 is 1.94 bits per heavy atom. The number of carboxylic acids is 1. The van der Waals surface area contributed by atoms with Crippen LogP contribution in [0.3, 0.4) is 0 Å². The van der Waals surface area contributed by atoms with E-state index in [0.717, 1.165) is 6.08 Å². The Kier molecular flexibility index (Phi) is 4.44. The quantitative estimate of drug-likeness (QED) is 0.371. The summed E-state index contributed by atoms with van der Waals surface area (Å²) in [6, 6.07) is 0. The highest BCUT2D eigenvalue weighted by molar-refractivity contribution is 5.82. The highest BCUT2D eigenvalue weighted by atomic mass is 16.6. The standard InChI is InChI=1S/C11H16O7/c1-2-3-8(13)18-7-5-11(17,10(15)16)4-6(12)9(7)14/h2-3,6-7,9,12,14,17H,4-5H2,1H3,(H,15,16)/b3-2+. The van der Waals surface area contributed by atoms with Crippen molar-refractivity contribution in [1.82, 2.24) is 0 Å². The Morgan fingerprint density at radius 1 is 1.33 bits per heavy atom. The molecule has 0 radical (unpaired) electrons. The topological polar surface area (TPSA) is 124 Å². The van der Waals surface area contributed by atoms with Gasteiger partial charge in [-0.05, 0) is 6.92 Å². The van der Waals surface area contributed by atoms with Crippen LogP contribution in [-0.2, 0) is 14.3 Å². The summed E-state index contributed by atoms with van der Waals surface area (Å²) in [5.74, 6) is -2.30. The molecule has 18 heavy (non-hydrogen) atoms. The Morgan fingerprint density at radius 3 is 2.44 bits per heavy atom. The number of esters is 1. The molecule has 0 amide bonds. The van der Waals surface area contributed by atoms with Gasteiger partial charge in [-0.3, -0.25) is 0 Å². The van der Waals surface area contributed by atoms with E-state index in [0.29, 0.717) is 0 Å². The molecule has 4 atom stereocenters. The number of carboxylic acid groups (broad SMARTS) is 1. The molecule has 1 aliphatic carbocycles. The van der Waals surface area contributed by atoms with Crippen LogP contribution >= 0.6 is 0 Å². The first kappa shape index (κ1) is 14.6. The first-order valence-corrected chi connectivity index (χ1v) is 5.45. The zero-order valence-electron chi connectivity index (χ0n) is 9.81. The van der Waals surface area contributed by atoms with Crippen molar-refractivity contribution in [2.24, 2.45) is 0 Å². The maximum Gasteiger partial charge on any atom is 0.335 e. The van der Waals surface area contributed by atoms with Gasteiger partial charge in [-0.2, -0.15) is 0 Å². The molecule has 1 aliphatic rings. The first-order valence-electron chi connectivity index (χ1n) is 5.45. The second-order valence-electron chi connectivity index (χ2n) is 4.28. The van der Waals surface area contributed by atoms with E-state index in [9.17, 15) is 24.9 Å². The van der Waals surface area contributed by atoms with E-state index in [-0.39, 0.29) is 0 Å². The van der Waals surface area contributed by atoms with Crippen LogP contribution in [0.25, 0.3) is 0 Å². The molecule has 0 aromatic rings. The van der Waals surface area contributed by atoms with Crippen LogP contribution in [0.2, 0.25) is 0 Å². The molecule has 0 aliphatic heterocycles. The van der Waals surface area contributed by atoms with Gasteiger partial charge in [0.2, 0.25) is 0 Å². The van der Waals surface area contributed by atoms with Crippen LogP contribution in [0, 0.1) is 0 Å². The molecule has 0 saturated heterocycles. The molecule has 4 N–H and O–H groups in total. The molecule has 0 aromatic carbocycles. The maximum absolute atomic E-state index is 11.2. The van der Waals surface area contributed by atoms with Gasteiger partial charge in [0.05, 0.1) is 6.10 Å². The maximum atomic E-state index is 11.2. The summed E-state index contributed by atoms with van der Waals surface area (Å²) in [6.45, 7) is 1.58. The summed E-state index contributed by atoms with van der Waals surface area (Å²) in [6.07, 6.45) is -2.63. The molecule has 1 fully saturated rings. The largest absolute Gasteiger partial charge is 0.479 e. The molecule has 0 heterocycles. The Hall–Kier alpha value is -1.44. The fraction of sp³-hybridized carbons (Fsp3) is 0.636. The predicted octanol–water partition coefficient (Wildman–Crippen LogP) is -1.19. The van der Waals surface area contributed by atoms with Crippen molar-refractivity contribution in [1.29, 1.82) is 0 Å². The molecule has 1 rings (SSSR count). The van der Waals surface area contributed by atoms with Crippen molar-refractivity contribution in [3.05, 3.63) is 12.2 Å². The number of allylic oxidation sites excluding steroid dienone is 1. The van der Waals surface area contributed by atoms with Gasteiger partial charge in [0.1, 0.15) is 12.2 Å². The predicted molar refractivity (Wildman–Crippen MR) is 58.5 cm³/mol. The number of carbonyl (C=O) groups excluding carboxylic acids is 1. The van der Waals surface area contributed by atoms with Gasteiger partial charge in [-0.1, -0.05) is 6.08 Å². The van der Waals surface area contributed by atoms with Crippen molar-refractivity contribution in [3.8, 4) is 0 Å². The van der Waals surface area contributed by atoms with Gasteiger partial charge in [0.25, 0.3) is 0 Å². The van der Waals surface area contributed by atoms with Gasteiger partial charge < -0.3 is 25.2 Å². The number of carbonyl (C=O) groups is 2. The Balaban J connectivity index is 2.82. The molecule has 7 nitrogen and oxygen atoms in total. The third-order valence-electron chi connectivity index (χ3n) is 2.83. The van der Waals surface area contributed by atoms with Crippen LogP contribution in [0.5, 0.6) is 0 Å². The van der Waals surface area contributed by atoms with Gasteiger partial charge in [0, 0.05) is 18.9 Å². The lowest BCUT2D eigenvalue weighted by atomic mass is 9.79. The van der Waals surface area contributed by atoms with Crippen LogP contribution in [0.15, 0.2) is 12.2 Å². The van der Waals surface area contributed by atoms with Gasteiger partial charge >= 0.3 is 11.9 Å². The van der Waals surface area contributed by atoms with Crippen molar-refractivity contribution in [3.63, 3.8) is 0 Å². The molecular weight excluding hydrogens is 244 g/mol. The third-order valence-corrected chi connectivity index (χ3v) is 2.83. The highest BCUT2D eigenvalue weighted by Crippen LogP contribution is 2.31. The fourth-order valence-electron chi connectivity index (χ4n) is 1.86. The van der Waals surface area contributed by atoms with E-state index < -0.39 is 48.7 Å². The van der Waals surface area contributed by atoms with Crippen molar-refractivity contribution >= 4 is 11.9 Å². The third kappa shape index (κ3) is 3.06. The second-order valence-corrected chi connectivity index (χ2v) is 4.28. The molecular formula is C11H16O7. The SMILES string of the molecule is C/C=C/C(=O)OC1CC(O)(C(=O)O)CC(O)C1O. The van der Waals surface area contributed by atoms with Crippen LogP contribution in [0.4, 0.5) is 0 Å². The zero-order valence-corrected chi connectivity index (χ0v) is 9.81. The van der Waals surface area contributed by atoms with E-state index in [1.54, 1.807) is 6.92 Å². The van der Waals surface area contributed by atoms with Gasteiger partial charge in [-0.15, -0.1) is 0 Å². The zero-order chi connectivity index (χ0) is 13.9. The molecule has 7 heteroatoms. The lowest BCUT2D eigenvalue weighted by Crippen LogP contribution is -2.57. The minimum absolute atomic E-state index is 0.468. The fourth-order valence-corrected chi connectivity index (χ4v) is 1.86. The number of aliphatic hydroxyl groups excluding tert-OH is 2. The highest BCUT2D eigenvalue weighted by Gasteiger charge is 2.50.